The summed E-state index contributed by atoms with van der Waals surface area (Å²) in [6.45, 7) is 0.130. The van der Waals surface area contributed by atoms with E-state index in [2.05, 4.69) is 10.3 Å². The lowest BCUT2D eigenvalue weighted by Gasteiger charge is -2.09. The van der Waals surface area contributed by atoms with Gasteiger partial charge in [0.15, 0.2) is 6.61 Å². The number of aromatic nitrogens is 2. The van der Waals surface area contributed by atoms with Crippen molar-refractivity contribution in [2.45, 2.75) is 6.61 Å². The number of halogens is 1. The number of amides is 1. The largest absolute Gasteiger partial charge is 0.487 e. The molecule has 7 heteroatoms. The van der Waals surface area contributed by atoms with Gasteiger partial charge in [-0.1, -0.05) is 12.1 Å². The highest BCUT2D eigenvalue weighted by atomic mass is 19.1. The van der Waals surface area contributed by atoms with Crippen LogP contribution >= 0.6 is 0 Å². The zero-order chi connectivity index (χ0) is 20.1. The molecule has 146 valence electrons. The number of carbonyl (C=O) groups excluding carboxylic acids is 1. The van der Waals surface area contributed by atoms with Crippen molar-refractivity contribution in [1.82, 2.24) is 9.38 Å². The lowest BCUT2D eigenvalue weighted by Crippen LogP contribution is -2.20. The number of carbonyl (C=O) groups is 1. The van der Waals surface area contributed by atoms with Crippen LogP contribution in [0.3, 0.4) is 0 Å². The molecule has 6 nitrogen and oxygen atoms in total. The van der Waals surface area contributed by atoms with E-state index in [1.54, 1.807) is 24.3 Å². The van der Waals surface area contributed by atoms with Gasteiger partial charge in [0.25, 0.3) is 5.91 Å². The summed E-state index contributed by atoms with van der Waals surface area (Å²) in [6.07, 6.45) is 3.84. The molecule has 0 fully saturated rings. The van der Waals surface area contributed by atoms with Gasteiger partial charge in [0.2, 0.25) is 0 Å². The summed E-state index contributed by atoms with van der Waals surface area (Å²) in [5.41, 5.74) is 2.25. The summed E-state index contributed by atoms with van der Waals surface area (Å²) in [5, 5.41) is 2.75. The predicted molar refractivity (Wildman–Crippen MR) is 106 cm³/mol. The Kier molecular flexibility index (Phi) is 5.38. The van der Waals surface area contributed by atoms with E-state index in [9.17, 15) is 9.18 Å². The van der Waals surface area contributed by atoms with Gasteiger partial charge < -0.3 is 19.2 Å². The first-order chi connectivity index (χ1) is 14.2. The molecule has 0 aliphatic carbocycles. The van der Waals surface area contributed by atoms with E-state index >= 15 is 0 Å². The molecule has 1 amide bonds. The molecule has 4 aromatic rings. The van der Waals surface area contributed by atoms with Crippen LogP contribution in [-0.2, 0) is 11.4 Å². The van der Waals surface area contributed by atoms with Crippen molar-refractivity contribution in [2.75, 3.05) is 11.9 Å². The van der Waals surface area contributed by atoms with Crippen molar-refractivity contribution in [3.8, 4) is 11.5 Å². The summed E-state index contributed by atoms with van der Waals surface area (Å²) in [7, 11) is 0. The van der Waals surface area contributed by atoms with Gasteiger partial charge in [0, 0.05) is 24.1 Å². The number of nitrogens with zero attached hydrogens (tertiary/aromatic N) is 2. The van der Waals surface area contributed by atoms with Crippen molar-refractivity contribution in [3.05, 3.63) is 90.6 Å². The van der Waals surface area contributed by atoms with Crippen LogP contribution in [0.25, 0.3) is 5.65 Å². The lowest BCUT2D eigenvalue weighted by atomic mass is 10.3. The van der Waals surface area contributed by atoms with E-state index in [4.69, 9.17) is 9.47 Å². The first-order valence-electron chi connectivity index (χ1n) is 8.99. The summed E-state index contributed by atoms with van der Waals surface area (Å²) in [6, 6.07) is 18.4. The number of fused-ring (bicyclic) bond motifs is 1. The molecule has 0 radical (unpaired) electrons. The average Bonchev–Trinajstić information content (AvgIpc) is 3.15. The minimum Gasteiger partial charge on any atom is -0.487 e. The van der Waals surface area contributed by atoms with E-state index in [-0.39, 0.29) is 18.3 Å². The number of imidazole rings is 1. The second kappa shape index (κ2) is 8.43. The molecule has 4 rings (SSSR count). The first kappa shape index (κ1) is 18.5. The molecule has 2 aromatic heterocycles. The third-order valence-electron chi connectivity index (χ3n) is 4.10. The summed E-state index contributed by atoms with van der Waals surface area (Å²) >= 11 is 0. The van der Waals surface area contributed by atoms with Gasteiger partial charge in [-0.05, 0) is 48.5 Å². The highest BCUT2D eigenvalue weighted by Gasteiger charge is 2.06. The molecule has 0 saturated carbocycles. The molecular weight excluding hydrogens is 373 g/mol. The smallest absolute Gasteiger partial charge is 0.262 e. The van der Waals surface area contributed by atoms with Crippen molar-refractivity contribution >= 4 is 17.2 Å². The molecule has 29 heavy (non-hydrogen) atoms. The van der Waals surface area contributed by atoms with Crippen molar-refractivity contribution in [1.29, 1.82) is 0 Å². The normalized spacial score (nSPS) is 10.7. The molecule has 1 N–H and O–H groups in total. The van der Waals surface area contributed by atoms with E-state index in [0.717, 1.165) is 11.3 Å². The molecule has 0 aliphatic heterocycles. The van der Waals surface area contributed by atoms with Crippen LogP contribution in [0.2, 0.25) is 0 Å². The van der Waals surface area contributed by atoms with Crippen molar-refractivity contribution in [2.24, 2.45) is 0 Å². The number of hydrogen-bond acceptors (Lipinski definition) is 4. The minimum absolute atomic E-state index is 0.183. The van der Waals surface area contributed by atoms with Gasteiger partial charge in [-0.2, -0.15) is 0 Å². The maximum atomic E-state index is 12.9. The molecule has 0 atom stereocenters. The van der Waals surface area contributed by atoms with Gasteiger partial charge in [0.1, 0.15) is 29.6 Å². The van der Waals surface area contributed by atoms with E-state index < -0.39 is 0 Å². The Hall–Kier alpha value is -3.87. The topological polar surface area (TPSA) is 64.9 Å². The van der Waals surface area contributed by atoms with Gasteiger partial charge in [0.05, 0.1) is 5.69 Å². The fourth-order valence-corrected chi connectivity index (χ4v) is 2.75. The summed E-state index contributed by atoms with van der Waals surface area (Å²) in [5.74, 6) is 0.347. The van der Waals surface area contributed by atoms with Crippen molar-refractivity contribution < 1.29 is 18.7 Å². The number of hydrogen-bond donors (Lipinski definition) is 1. The highest BCUT2D eigenvalue weighted by Crippen LogP contribution is 2.19. The van der Waals surface area contributed by atoms with Crippen LogP contribution in [0.4, 0.5) is 10.1 Å². The summed E-state index contributed by atoms with van der Waals surface area (Å²) in [4.78, 5) is 16.6. The average molecular weight is 391 g/mol. The molecule has 0 bridgehead atoms. The Bertz CT molecular complexity index is 1090. The quantitative estimate of drug-likeness (QED) is 0.516. The van der Waals surface area contributed by atoms with Crippen LogP contribution < -0.4 is 14.8 Å². The molecule has 0 unspecified atom stereocenters. The first-order valence-corrected chi connectivity index (χ1v) is 8.99. The third-order valence-corrected chi connectivity index (χ3v) is 4.10. The van der Waals surface area contributed by atoms with Crippen LogP contribution in [-0.4, -0.2) is 21.9 Å². The summed E-state index contributed by atoms with van der Waals surface area (Å²) < 4.78 is 25.9. The zero-order valence-electron chi connectivity index (χ0n) is 15.4. The Labute approximate surface area is 166 Å². The second-order valence-corrected chi connectivity index (χ2v) is 6.31. The molecular formula is C22H18FN3O3. The highest BCUT2D eigenvalue weighted by molar-refractivity contribution is 5.92. The van der Waals surface area contributed by atoms with Crippen LogP contribution in [0.5, 0.6) is 11.5 Å². The fraction of sp³-hybridized carbons (Fsp3) is 0.0909. The molecule has 2 aromatic carbocycles. The number of nitrogens with one attached hydrogen (secondary N) is 1. The van der Waals surface area contributed by atoms with Crippen molar-refractivity contribution in [3.63, 3.8) is 0 Å². The van der Waals surface area contributed by atoms with Gasteiger partial charge in [-0.3, -0.25) is 4.79 Å². The SMILES string of the molecule is O=C(COc1ccc(F)cc1)Nc1cccc(OCc2cn3ccccc3n2)c1. The maximum Gasteiger partial charge on any atom is 0.262 e. The number of benzene rings is 2. The van der Waals surface area contributed by atoms with Crippen LogP contribution in [0, 0.1) is 5.82 Å². The van der Waals surface area contributed by atoms with Gasteiger partial charge in [-0.15, -0.1) is 0 Å². The lowest BCUT2D eigenvalue weighted by molar-refractivity contribution is -0.118. The van der Waals surface area contributed by atoms with E-state index in [1.807, 2.05) is 35.0 Å². The third kappa shape index (κ3) is 4.90. The van der Waals surface area contributed by atoms with Crippen LogP contribution in [0.15, 0.2) is 79.1 Å². The number of rotatable bonds is 7. The standard InChI is InChI=1S/C22H18FN3O3/c23-16-7-9-19(10-8-16)29-15-22(27)25-17-4-3-5-20(12-17)28-14-18-13-26-11-2-1-6-21(26)24-18/h1-13H,14-15H2,(H,25,27). The fourth-order valence-electron chi connectivity index (χ4n) is 2.75. The molecule has 0 spiro atoms. The maximum absolute atomic E-state index is 12.9. The Balaban J connectivity index is 1.31. The van der Waals surface area contributed by atoms with Gasteiger partial charge >= 0.3 is 0 Å². The number of ether oxygens (including phenoxy) is 2. The number of pyridine rings is 1. The molecule has 0 saturated heterocycles. The Morgan fingerprint density at radius 3 is 2.69 bits per heavy atom. The molecule has 0 aliphatic rings. The van der Waals surface area contributed by atoms with E-state index in [1.165, 1.54) is 24.3 Å². The van der Waals surface area contributed by atoms with E-state index in [0.29, 0.717) is 23.8 Å². The minimum atomic E-state index is -0.359. The molecule has 2 heterocycles. The Morgan fingerprint density at radius 2 is 1.86 bits per heavy atom. The zero-order valence-corrected chi connectivity index (χ0v) is 15.4. The monoisotopic (exact) mass is 391 g/mol. The second-order valence-electron chi connectivity index (χ2n) is 6.31. The predicted octanol–water partition coefficient (Wildman–Crippen LogP) is 4.07. The number of anilines is 1. The van der Waals surface area contributed by atoms with Gasteiger partial charge in [-0.25, -0.2) is 9.37 Å². The Morgan fingerprint density at radius 1 is 1.00 bits per heavy atom. The van der Waals surface area contributed by atoms with Crippen LogP contribution in [0.1, 0.15) is 5.69 Å².